The number of aliphatic imine (C=N–C) groups is 1. The average Bonchev–Trinajstić information content (AvgIpc) is 2.96. The largest absolute Gasteiger partial charge is 0.368 e. The Morgan fingerprint density at radius 1 is 1.10 bits per heavy atom. The minimum atomic E-state index is -1.27. The van der Waals surface area contributed by atoms with E-state index in [-0.39, 0.29) is 5.91 Å². The number of carbonyl (C=O) groups is 1. The van der Waals surface area contributed by atoms with E-state index >= 15 is 0 Å². The first-order valence-electron chi connectivity index (χ1n) is 13.5. The number of nitrogens with zero attached hydrogens (tertiary/aromatic N) is 4. The van der Waals surface area contributed by atoms with Gasteiger partial charge >= 0.3 is 0 Å². The summed E-state index contributed by atoms with van der Waals surface area (Å²) >= 11 is 0. The Morgan fingerprint density at radius 3 is 2.56 bits per heavy atom. The van der Waals surface area contributed by atoms with E-state index in [4.69, 9.17) is 10.2 Å². The molecule has 1 aliphatic heterocycles. The summed E-state index contributed by atoms with van der Waals surface area (Å²) in [5.41, 5.74) is 4.79. The molecule has 2 N–H and O–H groups in total. The Morgan fingerprint density at radius 2 is 1.87 bits per heavy atom. The van der Waals surface area contributed by atoms with Gasteiger partial charge in [-0.1, -0.05) is 42.5 Å². The second-order valence-electron chi connectivity index (χ2n) is 9.40. The van der Waals surface area contributed by atoms with Gasteiger partial charge in [-0.2, -0.15) is 5.26 Å². The summed E-state index contributed by atoms with van der Waals surface area (Å²) in [4.78, 5) is 22.1. The van der Waals surface area contributed by atoms with Crippen LogP contribution >= 0.6 is 0 Å². The molecule has 0 atom stereocenters. The van der Waals surface area contributed by atoms with Crippen LogP contribution in [0.4, 0.5) is 11.4 Å². The molecule has 2 aromatic rings. The number of para-hydroxylation sites is 1. The monoisotopic (exact) mass is 526 g/mol. The Bertz CT molecular complexity index is 1260. The molecule has 2 aromatic carbocycles. The second kappa shape index (κ2) is 15.4. The van der Waals surface area contributed by atoms with Crippen molar-refractivity contribution in [1.29, 1.82) is 5.26 Å². The number of aliphatic hydroxyl groups excluding tert-OH is 1. The average molecular weight is 527 g/mol. The zero-order chi connectivity index (χ0) is 28.0. The van der Waals surface area contributed by atoms with Gasteiger partial charge in [0.1, 0.15) is 6.07 Å². The fourth-order valence-corrected chi connectivity index (χ4v) is 4.47. The van der Waals surface area contributed by atoms with E-state index in [0.717, 1.165) is 41.8 Å². The summed E-state index contributed by atoms with van der Waals surface area (Å²) in [6.45, 7) is 6.41. The quantitative estimate of drug-likeness (QED) is 0.171. The Kier molecular flexibility index (Phi) is 11.7. The summed E-state index contributed by atoms with van der Waals surface area (Å²) in [5.74, 6) is -0.0200. The molecule has 39 heavy (non-hydrogen) atoms. The molecule has 3 rings (SSSR count). The van der Waals surface area contributed by atoms with Crippen LogP contribution < -0.4 is 4.90 Å². The molecule has 0 spiro atoms. The number of carbonyl (C=O) groups excluding carboxylic acids is 1. The number of unbranched alkanes of at least 4 members (excludes halogenated alkanes) is 2. The highest BCUT2D eigenvalue weighted by atomic mass is 16.5. The minimum Gasteiger partial charge on any atom is -0.368 e. The molecule has 1 heterocycles. The first-order chi connectivity index (χ1) is 19.0. The highest BCUT2D eigenvalue weighted by Gasteiger charge is 2.24. The van der Waals surface area contributed by atoms with Crippen LogP contribution in [0.25, 0.3) is 6.08 Å². The number of rotatable bonds is 11. The van der Waals surface area contributed by atoms with E-state index in [1.807, 2.05) is 97.8 Å². The van der Waals surface area contributed by atoms with Crippen LogP contribution in [0, 0.1) is 11.3 Å². The number of benzene rings is 2. The number of anilines is 1. The zero-order valence-corrected chi connectivity index (χ0v) is 22.8. The topological polar surface area (TPSA) is 100 Å². The summed E-state index contributed by atoms with van der Waals surface area (Å²) in [5, 5.41) is 27.5. The molecule has 0 radical (unpaired) electrons. The lowest BCUT2D eigenvalue weighted by atomic mass is 10.1. The lowest BCUT2D eigenvalue weighted by molar-refractivity contribution is -0.0464. The van der Waals surface area contributed by atoms with Gasteiger partial charge in [-0.3, -0.25) is 9.79 Å². The molecule has 1 amide bonds. The van der Waals surface area contributed by atoms with Crippen molar-refractivity contribution in [2.24, 2.45) is 4.99 Å². The Balaban J connectivity index is 1.75. The van der Waals surface area contributed by atoms with Gasteiger partial charge in [-0.15, -0.1) is 0 Å². The number of hydrogen-bond acceptors (Lipinski definition) is 6. The van der Waals surface area contributed by atoms with Gasteiger partial charge in [0.15, 0.2) is 6.29 Å². The molecule has 0 unspecified atom stereocenters. The van der Waals surface area contributed by atoms with Crippen molar-refractivity contribution in [3.8, 4) is 6.07 Å². The predicted molar refractivity (Wildman–Crippen MR) is 158 cm³/mol. The van der Waals surface area contributed by atoms with Gasteiger partial charge in [0.25, 0.3) is 5.91 Å². The van der Waals surface area contributed by atoms with Crippen molar-refractivity contribution in [2.45, 2.75) is 45.8 Å². The smallest absolute Gasteiger partial charge is 0.253 e. The van der Waals surface area contributed by atoms with Gasteiger partial charge in [0.05, 0.1) is 16.9 Å². The Hall–Kier alpha value is -3.99. The van der Waals surface area contributed by atoms with Crippen LogP contribution in [0.3, 0.4) is 0 Å². The summed E-state index contributed by atoms with van der Waals surface area (Å²) in [7, 11) is 0. The highest BCUT2D eigenvalue weighted by Crippen LogP contribution is 2.25. The van der Waals surface area contributed by atoms with E-state index in [2.05, 4.69) is 16.0 Å². The van der Waals surface area contributed by atoms with Gasteiger partial charge in [0, 0.05) is 43.5 Å². The van der Waals surface area contributed by atoms with Gasteiger partial charge in [0.2, 0.25) is 0 Å². The number of piperazine rings is 1. The number of aliphatic hydroxyl groups is 2. The van der Waals surface area contributed by atoms with E-state index < -0.39 is 6.29 Å². The fraction of sp³-hybridized carbons (Fsp3) is 0.344. The van der Waals surface area contributed by atoms with Crippen molar-refractivity contribution < 1.29 is 15.0 Å². The fourth-order valence-electron chi connectivity index (χ4n) is 4.47. The summed E-state index contributed by atoms with van der Waals surface area (Å²) in [6.07, 6.45) is 13.2. The molecule has 0 aliphatic carbocycles. The van der Waals surface area contributed by atoms with Crippen molar-refractivity contribution in [3.63, 3.8) is 0 Å². The maximum Gasteiger partial charge on any atom is 0.253 e. The lowest BCUT2D eigenvalue weighted by Crippen LogP contribution is -2.49. The third-order valence-corrected chi connectivity index (χ3v) is 6.63. The van der Waals surface area contributed by atoms with Crippen LogP contribution in [-0.4, -0.2) is 59.7 Å². The molecule has 0 bridgehead atoms. The highest BCUT2D eigenvalue weighted by molar-refractivity contribution is 5.96. The van der Waals surface area contributed by atoms with Crippen molar-refractivity contribution >= 4 is 29.6 Å². The molecule has 0 aromatic heterocycles. The summed E-state index contributed by atoms with van der Waals surface area (Å²) in [6, 6.07) is 15.4. The maximum absolute atomic E-state index is 13.4. The predicted octanol–water partition coefficient (Wildman–Crippen LogP) is 5.63. The van der Waals surface area contributed by atoms with Crippen LogP contribution in [0.5, 0.6) is 0 Å². The minimum absolute atomic E-state index is 0.0200. The molecule has 7 nitrogen and oxygen atoms in total. The van der Waals surface area contributed by atoms with Crippen LogP contribution in [0.1, 0.15) is 61.0 Å². The van der Waals surface area contributed by atoms with Gasteiger partial charge < -0.3 is 20.0 Å². The van der Waals surface area contributed by atoms with Gasteiger partial charge in [-0.25, -0.2) is 0 Å². The maximum atomic E-state index is 13.4. The van der Waals surface area contributed by atoms with Crippen molar-refractivity contribution in [2.75, 3.05) is 31.1 Å². The third-order valence-electron chi connectivity index (χ3n) is 6.63. The molecule has 1 saturated heterocycles. The molecule has 204 valence electrons. The van der Waals surface area contributed by atoms with E-state index in [9.17, 15) is 10.1 Å². The number of amides is 1. The van der Waals surface area contributed by atoms with Crippen LogP contribution in [0.15, 0.2) is 77.3 Å². The zero-order valence-electron chi connectivity index (χ0n) is 22.8. The first-order valence-corrected chi connectivity index (χ1v) is 13.5. The molecule has 7 heteroatoms. The number of allylic oxidation sites excluding steroid dienone is 5. The third kappa shape index (κ3) is 8.78. The van der Waals surface area contributed by atoms with E-state index in [0.29, 0.717) is 43.7 Å². The van der Waals surface area contributed by atoms with Crippen molar-refractivity contribution in [1.82, 2.24) is 4.90 Å². The molecule has 1 fully saturated rings. The molecule has 1 aliphatic rings. The molecular formula is C32H38N4O3. The molecule has 0 saturated carbocycles. The van der Waals surface area contributed by atoms with Crippen molar-refractivity contribution in [3.05, 3.63) is 89.0 Å². The Labute approximate surface area is 231 Å². The standard InChI is InChI=1S/C32H38N4O3/c1-3-11-25(4-2)24-34-29-17-16-27(22-26(29)12-7-5-6-8-15-31(37)38)32(39)36-20-18-35(19-21-36)30-14-10-9-13-28(30)23-33/h3-4,7,9-14,16-17,22,24,31,37-38H,5-6,8,15,18-21H2,1-2H3/b11-3-,12-7+,25-4+,34-24?. The van der Waals surface area contributed by atoms with Crippen LogP contribution in [-0.2, 0) is 0 Å². The normalized spacial score (nSPS) is 14.7. The van der Waals surface area contributed by atoms with Crippen LogP contribution in [0.2, 0.25) is 0 Å². The number of nitriles is 1. The molecular weight excluding hydrogens is 488 g/mol. The SMILES string of the molecule is C/C=C\C(C=Nc1ccc(C(=O)N2CCN(c3ccccc3C#N)CC2)cc1/C=C/CCCCC(O)O)=C/C. The lowest BCUT2D eigenvalue weighted by Gasteiger charge is -2.36. The van der Waals surface area contributed by atoms with E-state index in [1.54, 1.807) is 0 Å². The second-order valence-corrected chi connectivity index (χ2v) is 9.40. The first kappa shape index (κ1) is 29.6. The summed E-state index contributed by atoms with van der Waals surface area (Å²) < 4.78 is 0. The number of hydrogen-bond donors (Lipinski definition) is 2. The van der Waals surface area contributed by atoms with Gasteiger partial charge in [-0.05, 0) is 75.4 Å². The van der Waals surface area contributed by atoms with E-state index in [1.165, 1.54) is 0 Å².